The van der Waals surface area contributed by atoms with Crippen molar-refractivity contribution in [1.82, 2.24) is 9.80 Å². The Bertz CT molecular complexity index is 188. The molecule has 0 aliphatic carbocycles. The molecule has 0 unspecified atom stereocenters. The van der Waals surface area contributed by atoms with Gasteiger partial charge in [0.1, 0.15) is 0 Å². The Morgan fingerprint density at radius 2 is 1.30 bits per heavy atom. The fourth-order valence-corrected chi connectivity index (χ4v) is 1.44. The van der Waals surface area contributed by atoms with Crippen molar-refractivity contribution in [3.8, 4) is 0 Å². The number of rotatable bonds is 0. The molecule has 1 heterocycles. The first-order valence-corrected chi connectivity index (χ1v) is 3.90. The van der Waals surface area contributed by atoms with Gasteiger partial charge in [-0.2, -0.15) is 0 Å². The van der Waals surface area contributed by atoms with Gasteiger partial charge in [-0.15, -0.1) is 0 Å². The molecule has 2 nitrogen and oxygen atoms in total. The third kappa shape index (κ3) is 0.903. The zero-order valence-electron chi connectivity index (χ0n) is 6.97. The van der Waals surface area contributed by atoms with Crippen molar-refractivity contribution in [2.24, 2.45) is 0 Å². The van der Waals surface area contributed by atoms with Crippen molar-refractivity contribution < 1.29 is 0 Å². The van der Waals surface area contributed by atoms with E-state index in [1.165, 1.54) is 16.0 Å². The van der Waals surface area contributed by atoms with Crippen molar-refractivity contribution in [1.29, 1.82) is 0 Å². The summed E-state index contributed by atoms with van der Waals surface area (Å²) in [6.45, 7) is 4.26. The van der Waals surface area contributed by atoms with E-state index in [9.17, 15) is 0 Å². The van der Waals surface area contributed by atoms with E-state index in [-0.39, 0.29) is 0 Å². The second kappa shape index (κ2) is 2.41. The summed E-state index contributed by atoms with van der Waals surface area (Å²) < 4.78 is 1.22. The van der Waals surface area contributed by atoms with E-state index in [2.05, 4.69) is 53.6 Å². The van der Waals surface area contributed by atoms with Crippen molar-refractivity contribution in [3.05, 3.63) is 11.4 Å². The summed E-state index contributed by atoms with van der Waals surface area (Å²) >= 11 is 2.73. The standard InChI is InChI=1S/C7H12N2.Al/c1-6-7(2)9(4)5-8(6)3;/h1-4H3;. The van der Waals surface area contributed by atoms with Crippen LogP contribution in [0.5, 0.6) is 0 Å². The summed E-state index contributed by atoms with van der Waals surface area (Å²) in [6.07, 6.45) is 0. The van der Waals surface area contributed by atoms with Gasteiger partial charge in [0.15, 0.2) is 0 Å². The molecule has 0 aromatic heterocycles. The predicted molar refractivity (Wildman–Crippen MR) is 44.7 cm³/mol. The third-order valence-corrected chi connectivity index (χ3v) is 2.99. The van der Waals surface area contributed by atoms with Gasteiger partial charge in [-0.3, -0.25) is 0 Å². The summed E-state index contributed by atoms with van der Waals surface area (Å²) in [5.41, 5.74) is 2.65. The molecule has 0 bridgehead atoms. The first-order chi connectivity index (χ1) is 4.55. The van der Waals surface area contributed by atoms with Crippen LogP contribution in [-0.2, 0) is 0 Å². The molecule has 0 saturated carbocycles. The molecule has 0 spiro atoms. The number of hydrogen-bond donors (Lipinski definition) is 0. The zero-order chi connectivity index (χ0) is 7.89. The van der Waals surface area contributed by atoms with Crippen molar-refractivity contribution >= 4 is 20.5 Å². The quantitative estimate of drug-likeness (QED) is 0.461. The van der Waals surface area contributed by atoms with Crippen molar-refractivity contribution in [3.63, 3.8) is 0 Å². The Morgan fingerprint density at radius 3 is 1.40 bits per heavy atom. The average Bonchev–Trinajstić information content (AvgIpc) is 2.07. The third-order valence-electron chi connectivity index (χ3n) is 2.22. The molecular weight excluding hydrogens is 139 g/mol. The fourth-order valence-electron chi connectivity index (χ4n) is 1.05. The Hall–Kier alpha value is -0.258. The SMILES string of the molecule is CC1=C(C)N(C)[C](=[Al])N1C. The van der Waals surface area contributed by atoms with E-state index in [0.717, 1.165) is 0 Å². The van der Waals surface area contributed by atoms with Gasteiger partial charge in [0, 0.05) is 0 Å². The topological polar surface area (TPSA) is 6.48 Å². The summed E-state index contributed by atoms with van der Waals surface area (Å²) in [4.78, 5) is 4.33. The summed E-state index contributed by atoms with van der Waals surface area (Å²) in [7, 11) is 4.15. The van der Waals surface area contributed by atoms with E-state index < -0.39 is 0 Å². The molecule has 1 aliphatic rings. The Labute approximate surface area is 70.1 Å². The molecule has 0 N–H and O–H groups in total. The van der Waals surface area contributed by atoms with E-state index in [4.69, 9.17) is 0 Å². The minimum atomic E-state index is 1.22. The van der Waals surface area contributed by atoms with Gasteiger partial charge in [-0.25, -0.2) is 0 Å². The van der Waals surface area contributed by atoms with Crippen LogP contribution in [0, 0.1) is 0 Å². The second-order valence-corrected chi connectivity index (χ2v) is 3.16. The van der Waals surface area contributed by atoms with Gasteiger partial charge in [0.05, 0.1) is 0 Å². The molecule has 3 heteroatoms. The van der Waals surface area contributed by atoms with Crippen LogP contribution < -0.4 is 0 Å². The predicted octanol–water partition coefficient (Wildman–Crippen LogP) is 0.371. The molecule has 0 aromatic rings. The fraction of sp³-hybridized carbons (Fsp3) is 0.571. The van der Waals surface area contributed by atoms with Gasteiger partial charge in [-0.05, 0) is 0 Å². The van der Waals surface area contributed by atoms with Crippen LogP contribution in [0.25, 0.3) is 0 Å². The molecule has 0 fully saturated rings. The summed E-state index contributed by atoms with van der Waals surface area (Å²) in [6, 6.07) is 0. The van der Waals surface area contributed by atoms with Crippen LogP contribution in [-0.4, -0.2) is 44.4 Å². The molecule has 1 radical (unpaired) electrons. The van der Waals surface area contributed by atoms with Crippen LogP contribution in [0.4, 0.5) is 0 Å². The van der Waals surface area contributed by atoms with Crippen LogP contribution in [0.2, 0.25) is 0 Å². The molecule has 0 saturated heterocycles. The zero-order valence-corrected chi connectivity index (χ0v) is 8.13. The number of hydrogen-bond acceptors (Lipinski definition) is 2. The Kier molecular flexibility index (Phi) is 1.89. The second-order valence-electron chi connectivity index (χ2n) is 2.65. The van der Waals surface area contributed by atoms with Gasteiger partial charge in [0.2, 0.25) is 0 Å². The monoisotopic (exact) mass is 151 g/mol. The molecule has 0 amide bonds. The first-order valence-electron chi connectivity index (χ1n) is 3.33. The average molecular weight is 151 g/mol. The maximum atomic E-state index is 2.73. The number of allylic oxidation sites excluding steroid dienone is 2. The van der Waals surface area contributed by atoms with E-state index in [0.29, 0.717) is 0 Å². The first kappa shape index (κ1) is 7.85. The molecule has 1 aliphatic heterocycles. The minimum absolute atomic E-state index is 1.22. The van der Waals surface area contributed by atoms with Crippen LogP contribution in [0.15, 0.2) is 11.4 Å². The molecule has 1 rings (SSSR count). The molecule has 53 valence electrons. The summed E-state index contributed by atoms with van der Waals surface area (Å²) in [5.74, 6) is 0. The number of nitrogens with zero attached hydrogens (tertiary/aromatic N) is 2. The van der Waals surface area contributed by atoms with Crippen LogP contribution >= 0.6 is 0 Å². The molecule has 10 heavy (non-hydrogen) atoms. The van der Waals surface area contributed by atoms with Crippen LogP contribution in [0.1, 0.15) is 13.8 Å². The van der Waals surface area contributed by atoms with E-state index in [1.54, 1.807) is 0 Å². The van der Waals surface area contributed by atoms with Gasteiger partial charge in [-0.1, -0.05) is 0 Å². The Morgan fingerprint density at radius 1 is 1.00 bits per heavy atom. The molecule has 0 atom stereocenters. The van der Waals surface area contributed by atoms with Crippen molar-refractivity contribution in [2.75, 3.05) is 14.1 Å². The van der Waals surface area contributed by atoms with Crippen molar-refractivity contribution in [2.45, 2.75) is 13.8 Å². The van der Waals surface area contributed by atoms with Gasteiger partial charge >= 0.3 is 69.6 Å². The van der Waals surface area contributed by atoms with E-state index in [1.807, 2.05) is 0 Å². The van der Waals surface area contributed by atoms with E-state index >= 15 is 0 Å². The Balaban J connectivity index is 2.99. The summed E-state index contributed by atoms with van der Waals surface area (Å²) in [5, 5.41) is 0. The normalized spacial score (nSPS) is 19.3. The van der Waals surface area contributed by atoms with Gasteiger partial charge in [0.25, 0.3) is 0 Å². The molecule has 0 aromatic carbocycles. The van der Waals surface area contributed by atoms with Crippen LogP contribution in [0.3, 0.4) is 0 Å². The maximum absolute atomic E-state index is 2.73. The van der Waals surface area contributed by atoms with Gasteiger partial charge < -0.3 is 0 Å². The molecular formula is C7H12AlN2.